The summed E-state index contributed by atoms with van der Waals surface area (Å²) < 4.78 is 12.8. The fourth-order valence-corrected chi connectivity index (χ4v) is 4.33. The highest BCUT2D eigenvalue weighted by atomic mass is 32.2. The number of fused-ring (bicyclic) bond motifs is 1. The van der Waals surface area contributed by atoms with Crippen LogP contribution in [0.1, 0.15) is 0 Å². The summed E-state index contributed by atoms with van der Waals surface area (Å²) in [6, 6.07) is 12.9. The Morgan fingerprint density at radius 3 is 2.83 bits per heavy atom. The van der Waals surface area contributed by atoms with Crippen molar-refractivity contribution >= 4 is 44.4 Å². The molecule has 0 radical (unpaired) electrons. The first-order chi connectivity index (χ1) is 14.6. The number of hydrogen-bond acceptors (Lipinski definition) is 9. The van der Waals surface area contributed by atoms with Gasteiger partial charge in [0, 0.05) is 0 Å². The minimum atomic E-state index is -0.215. The van der Waals surface area contributed by atoms with Crippen LogP contribution in [0.2, 0.25) is 0 Å². The number of anilines is 1. The molecule has 154 valence electrons. The van der Waals surface area contributed by atoms with Crippen molar-refractivity contribution < 1.29 is 14.3 Å². The van der Waals surface area contributed by atoms with Crippen molar-refractivity contribution in [1.82, 2.24) is 19.9 Å². The lowest BCUT2D eigenvalue weighted by atomic mass is 10.2. The van der Waals surface area contributed by atoms with Gasteiger partial charge < -0.3 is 20.6 Å². The second-order valence-corrected chi connectivity index (χ2v) is 8.04. The molecule has 0 aliphatic rings. The minimum absolute atomic E-state index is 0.112. The van der Waals surface area contributed by atoms with E-state index in [4.69, 9.17) is 15.3 Å². The van der Waals surface area contributed by atoms with Gasteiger partial charge in [0.1, 0.15) is 11.5 Å². The van der Waals surface area contributed by atoms with E-state index in [2.05, 4.69) is 20.5 Å². The lowest BCUT2D eigenvalue weighted by molar-refractivity contribution is -0.113. The normalized spacial score (nSPS) is 10.9. The van der Waals surface area contributed by atoms with Crippen molar-refractivity contribution in [2.75, 3.05) is 31.1 Å². The Balaban J connectivity index is 1.43. The van der Waals surface area contributed by atoms with Crippen LogP contribution in [0.15, 0.2) is 47.6 Å². The molecule has 0 saturated heterocycles. The maximum Gasteiger partial charge on any atom is 0.236 e. The Bertz CT molecular complexity index is 1210. The summed E-state index contributed by atoms with van der Waals surface area (Å²) in [5.74, 6) is 7.87. The number of methoxy groups -OCH3 is 2. The summed E-state index contributed by atoms with van der Waals surface area (Å²) in [6.07, 6.45) is 0. The lowest BCUT2D eigenvalue weighted by Gasteiger charge is -2.07. The molecule has 2 aromatic heterocycles. The number of aromatic nitrogens is 4. The predicted molar refractivity (Wildman–Crippen MR) is 118 cm³/mol. The summed E-state index contributed by atoms with van der Waals surface area (Å²) in [5.41, 5.74) is 1.52. The van der Waals surface area contributed by atoms with Crippen molar-refractivity contribution in [3.8, 4) is 22.9 Å². The van der Waals surface area contributed by atoms with E-state index in [-0.39, 0.29) is 11.7 Å². The van der Waals surface area contributed by atoms with Crippen molar-refractivity contribution in [3.63, 3.8) is 0 Å². The molecule has 0 saturated carbocycles. The second-order valence-electron chi connectivity index (χ2n) is 6.07. The van der Waals surface area contributed by atoms with E-state index in [9.17, 15) is 4.79 Å². The molecule has 1 amide bonds. The molecule has 2 heterocycles. The fraction of sp³-hybridized carbons (Fsp3) is 0.158. The second kappa shape index (κ2) is 8.59. The van der Waals surface area contributed by atoms with E-state index >= 15 is 0 Å². The molecule has 0 spiro atoms. The molecule has 30 heavy (non-hydrogen) atoms. The Labute approximate surface area is 180 Å². The van der Waals surface area contributed by atoms with Gasteiger partial charge in [0.05, 0.1) is 35.8 Å². The van der Waals surface area contributed by atoms with Crippen LogP contribution in [0, 0.1) is 0 Å². The van der Waals surface area contributed by atoms with Crippen molar-refractivity contribution in [2.45, 2.75) is 5.16 Å². The number of ether oxygens (including phenoxy) is 2. The zero-order valence-electron chi connectivity index (χ0n) is 16.2. The third-order valence-electron chi connectivity index (χ3n) is 4.19. The monoisotopic (exact) mass is 442 g/mol. The largest absolute Gasteiger partial charge is 0.497 e. The number of carbonyl (C=O) groups excluding carboxylic acids is 1. The number of para-hydroxylation sites is 1. The van der Waals surface area contributed by atoms with Gasteiger partial charge in [-0.05, 0) is 30.3 Å². The van der Waals surface area contributed by atoms with Gasteiger partial charge in [-0.1, -0.05) is 35.2 Å². The van der Waals surface area contributed by atoms with Gasteiger partial charge in [-0.3, -0.25) is 4.79 Å². The summed E-state index contributed by atoms with van der Waals surface area (Å²) in [7, 11) is 3.19. The van der Waals surface area contributed by atoms with E-state index in [0.717, 1.165) is 21.5 Å². The number of rotatable bonds is 7. The molecule has 0 unspecified atom stereocenters. The van der Waals surface area contributed by atoms with Gasteiger partial charge in [-0.25, -0.2) is 9.66 Å². The number of hydrogen-bond donors (Lipinski definition) is 2. The van der Waals surface area contributed by atoms with Crippen LogP contribution >= 0.6 is 23.1 Å². The average Bonchev–Trinajstić information content (AvgIpc) is 3.33. The number of carbonyl (C=O) groups is 1. The molecule has 4 rings (SSSR count). The number of benzene rings is 2. The van der Waals surface area contributed by atoms with Crippen LogP contribution in [0.4, 0.5) is 5.13 Å². The SMILES string of the molecule is COc1ccc2nc(NC(=O)CSc3nnc(-c4ccccc4OC)n3N)sc2c1. The number of nitrogens with zero attached hydrogens (tertiary/aromatic N) is 4. The van der Waals surface area contributed by atoms with E-state index in [1.54, 1.807) is 14.2 Å². The molecule has 9 nitrogen and oxygen atoms in total. The quantitative estimate of drug-likeness (QED) is 0.331. The fourth-order valence-electron chi connectivity index (χ4n) is 2.76. The van der Waals surface area contributed by atoms with Gasteiger partial charge >= 0.3 is 0 Å². The van der Waals surface area contributed by atoms with Crippen LogP contribution in [0.3, 0.4) is 0 Å². The summed E-state index contributed by atoms with van der Waals surface area (Å²) in [4.78, 5) is 16.8. The molecule has 0 atom stereocenters. The highest BCUT2D eigenvalue weighted by Crippen LogP contribution is 2.31. The molecular weight excluding hydrogens is 424 g/mol. The van der Waals surface area contributed by atoms with Crippen LogP contribution in [-0.2, 0) is 4.79 Å². The van der Waals surface area contributed by atoms with E-state index < -0.39 is 0 Å². The molecule has 11 heteroatoms. The van der Waals surface area contributed by atoms with Crippen molar-refractivity contribution in [3.05, 3.63) is 42.5 Å². The summed E-state index contributed by atoms with van der Waals surface area (Å²) in [6.45, 7) is 0. The number of nitrogens with two attached hydrogens (primary N) is 1. The molecule has 0 fully saturated rings. The molecule has 0 bridgehead atoms. The summed E-state index contributed by atoms with van der Waals surface area (Å²) in [5, 5.41) is 12.0. The third kappa shape index (κ3) is 4.02. The Morgan fingerprint density at radius 1 is 1.20 bits per heavy atom. The van der Waals surface area contributed by atoms with Gasteiger partial charge in [-0.2, -0.15) is 0 Å². The number of thioether (sulfide) groups is 1. The highest BCUT2D eigenvalue weighted by molar-refractivity contribution is 7.99. The van der Waals surface area contributed by atoms with E-state index in [0.29, 0.717) is 21.9 Å². The molecule has 2 aromatic carbocycles. The molecule has 0 aliphatic heterocycles. The van der Waals surface area contributed by atoms with Crippen LogP contribution < -0.4 is 20.6 Å². The van der Waals surface area contributed by atoms with E-state index in [1.807, 2.05) is 42.5 Å². The van der Waals surface area contributed by atoms with Crippen LogP contribution in [0.25, 0.3) is 21.6 Å². The van der Waals surface area contributed by atoms with Crippen molar-refractivity contribution in [2.24, 2.45) is 0 Å². The number of thiazole rings is 1. The third-order valence-corrected chi connectivity index (χ3v) is 6.06. The van der Waals surface area contributed by atoms with Gasteiger partial charge in [-0.15, -0.1) is 10.2 Å². The average molecular weight is 443 g/mol. The zero-order valence-corrected chi connectivity index (χ0v) is 17.8. The van der Waals surface area contributed by atoms with Gasteiger partial charge in [0.15, 0.2) is 11.0 Å². The molecule has 4 aromatic rings. The standard InChI is InChI=1S/C19H18N6O3S2/c1-27-11-7-8-13-15(9-11)30-18(21-13)22-16(26)10-29-19-24-23-17(25(19)20)12-5-3-4-6-14(12)28-2/h3-9H,10,20H2,1-2H3,(H,21,22,26). The Morgan fingerprint density at radius 2 is 2.03 bits per heavy atom. The summed E-state index contributed by atoms with van der Waals surface area (Å²) >= 11 is 2.57. The number of nitrogen functional groups attached to an aromatic ring is 1. The van der Waals surface area contributed by atoms with Crippen LogP contribution in [0.5, 0.6) is 11.5 Å². The number of nitrogens with one attached hydrogen (secondary N) is 1. The smallest absolute Gasteiger partial charge is 0.236 e. The maximum atomic E-state index is 12.4. The first-order valence-corrected chi connectivity index (χ1v) is 10.6. The number of amides is 1. The molecule has 3 N–H and O–H groups in total. The predicted octanol–water partition coefficient (Wildman–Crippen LogP) is 3.02. The maximum absolute atomic E-state index is 12.4. The van der Waals surface area contributed by atoms with Gasteiger partial charge in [0.2, 0.25) is 11.1 Å². The van der Waals surface area contributed by atoms with Crippen LogP contribution in [-0.4, -0.2) is 45.7 Å². The Kier molecular flexibility index (Phi) is 5.72. The van der Waals surface area contributed by atoms with Gasteiger partial charge in [0.25, 0.3) is 0 Å². The highest BCUT2D eigenvalue weighted by Gasteiger charge is 2.17. The Hall–Kier alpha value is -3.31. The molecular formula is C19H18N6O3S2. The van der Waals surface area contributed by atoms with E-state index in [1.165, 1.54) is 27.8 Å². The first-order valence-electron chi connectivity index (χ1n) is 8.80. The zero-order chi connectivity index (χ0) is 21.1. The first kappa shape index (κ1) is 20.0. The van der Waals surface area contributed by atoms with Crippen molar-refractivity contribution in [1.29, 1.82) is 0 Å². The molecule has 0 aliphatic carbocycles. The minimum Gasteiger partial charge on any atom is -0.497 e. The lowest BCUT2D eigenvalue weighted by Crippen LogP contribution is -2.16. The topological polar surface area (TPSA) is 117 Å².